The average Bonchev–Trinajstić information content (AvgIpc) is 2.90. The van der Waals surface area contributed by atoms with Crippen molar-refractivity contribution < 1.29 is 24.5 Å². The van der Waals surface area contributed by atoms with E-state index in [9.17, 15) is 15.0 Å². The van der Waals surface area contributed by atoms with Crippen LogP contribution in [0.25, 0.3) is 6.08 Å². The Kier molecular flexibility index (Phi) is 4.79. The molecule has 1 aromatic heterocycles. The molecule has 3 rings (SSSR count). The zero-order chi connectivity index (χ0) is 18.8. The lowest BCUT2D eigenvalue weighted by Crippen LogP contribution is -2.20. The number of rotatable bonds is 6. The summed E-state index contributed by atoms with van der Waals surface area (Å²) in [6.45, 7) is 0. The molecule has 1 atom stereocenters. The zero-order valence-corrected chi connectivity index (χ0v) is 14.7. The topological polar surface area (TPSA) is 107 Å². The zero-order valence-electron chi connectivity index (χ0n) is 14.7. The number of aromatic nitrogens is 1. The lowest BCUT2D eigenvalue weighted by molar-refractivity contribution is -0.118. The minimum Gasteiger partial charge on any atom is -0.494 e. The Bertz CT molecular complexity index is 869. The molecule has 1 amide bonds. The molecular weight excluding hydrogens is 336 g/mol. The number of nitrogens with two attached hydrogens (primary N) is 1. The maximum atomic E-state index is 11.7. The fourth-order valence-corrected chi connectivity index (χ4v) is 3.39. The van der Waals surface area contributed by atoms with Gasteiger partial charge in [0.25, 0.3) is 0 Å². The maximum Gasteiger partial charge on any atom is 0.219 e. The molecule has 1 heterocycles. The van der Waals surface area contributed by atoms with Crippen LogP contribution in [0.3, 0.4) is 0 Å². The molecule has 0 bridgehead atoms. The molecular formula is C19H22N2O5. The number of hydrogen-bond acceptors (Lipinski definition) is 5. The fourth-order valence-electron chi connectivity index (χ4n) is 3.39. The molecule has 7 nitrogen and oxygen atoms in total. The van der Waals surface area contributed by atoms with Crippen LogP contribution in [0.1, 0.15) is 35.6 Å². The van der Waals surface area contributed by atoms with Gasteiger partial charge in [-0.2, -0.15) is 0 Å². The maximum absolute atomic E-state index is 11.7. The van der Waals surface area contributed by atoms with E-state index < -0.39 is 11.9 Å². The third kappa shape index (κ3) is 2.96. The van der Waals surface area contributed by atoms with Crippen LogP contribution >= 0.6 is 0 Å². The van der Waals surface area contributed by atoms with Gasteiger partial charge in [0.2, 0.25) is 11.8 Å². The SMILES string of the molecule is COc1ccc(C(CC(N)=O)n2c(O)c3c(c2O)CCC=C3)cc1OC. The van der Waals surface area contributed by atoms with Crippen LogP contribution in [0.15, 0.2) is 24.3 Å². The minimum atomic E-state index is -0.675. The van der Waals surface area contributed by atoms with Crippen molar-refractivity contribution in [3.05, 3.63) is 41.0 Å². The van der Waals surface area contributed by atoms with Gasteiger partial charge in [0.1, 0.15) is 0 Å². The number of fused-ring (bicyclic) bond motifs is 1. The van der Waals surface area contributed by atoms with Gasteiger partial charge in [-0.3, -0.25) is 9.36 Å². The van der Waals surface area contributed by atoms with Crippen LogP contribution < -0.4 is 15.2 Å². The van der Waals surface area contributed by atoms with Gasteiger partial charge >= 0.3 is 0 Å². The third-order valence-electron chi connectivity index (χ3n) is 4.64. The van der Waals surface area contributed by atoms with Gasteiger partial charge < -0.3 is 25.4 Å². The van der Waals surface area contributed by atoms with Gasteiger partial charge in [-0.15, -0.1) is 0 Å². The van der Waals surface area contributed by atoms with Crippen molar-refractivity contribution in [2.75, 3.05) is 14.2 Å². The van der Waals surface area contributed by atoms with Crippen molar-refractivity contribution in [1.82, 2.24) is 4.57 Å². The monoisotopic (exact) mass is 358 g/mol. The van der Waals surface area contributed by atoms with Gasteiger partial charge in [0.05, 0.1) is 26.7 Å². The summed E-state index contributed by atoms with van der Waals surface area (Å²) in [5.74, 6) is 0.329. The van der Waals surface area contributed by atoms with E-state index in [-0.39, 0.29) is 18.2 Å². The number of nitrogens with zero attached hydrogens (tertiary/aromatic N) is 1. The van der Waals surface area contributed by atoms with E-state index in [2.05, 4.69) is 0 Å². The minimum absolute atomic E-state index is 0.0529. The van der Waals surface area contributed by atoms with Crippen LogP contribution in [0, 0.1) is 0 Å². The van der Waals surface area contributed by atoms with Crippen molar-refractivity contribution in [3.8, 4) is 23.3 Å². The molecule has 138 valence electrons. The van der Waals surface area contributed by atoms with Crippen molar-refractivity contribution in [2.45, 2.75) is 25.3 Å². The number of benzene rings is 1. The number of methoxy groups -OCH3 is 2. The molecule has 7 heteroatoms. The average molecular weight is 358 g/mol. The Morgan fingerprint density at radius 3 is 2.58 bits per heavy atom. The van der Waals surface area contributed by atoms with E-state index in [1.54, 1.807) is 24.3 Å². The second-order valence-electron chi connectivity index (χ2n) is 6.15. The van der Waals surface area contributed by atoms with E-state index in [1.807, 2.05) is 6.08 Å². The first kappa shape index (κ1) is 17.7. The number of aromatic hydroxyl groups is 2. The van der Waals surface area contributed by atoms with Crippen molar-refractivity contribution >= 4 is 12.0 Å². The smallest absolute Gasteiger partial charge is 0.219 e. The predicted molar refractivity (Wildman–Crippen MR) is 96.6 cm³/mol. The van der Waals surface area contributed by atoms with E-state index in [4.69, 9.17) is 15.2 Å². The number of primary amides is 1. The van der Waals surface area contributed by atoms with Gasteiger partial charge in [-0.05, 0) is 30.5 Å². The molecule has 2 aromatic rings. The molecule has 0 spiro atoms. The molecule has 0 aliphatic heterocycles. The lowest BCUT2D eigenvalue weighted by Gasteiger charge is -2.21. The normalized spacial score (nSPS) is 13.9. The summed E-state index contributed by atoms with van der Waals surface area (Å²) < 4.78 is 11.9. The Morgan fingerprint density at radius 1 is 1.23 bits per heavy atom. The Labute approximate surface area is 151 Å². The molecule has 1 unspecified atom stereocenters. The van der Waals surface area contributed by atoms with Gasteiger partial charge in [0.15, 0.2) is 17.4 Å². The van der Waals surface area contributed by atoms with Crippen LogP contribution in [-0.2, 0) is 11.2 Å². The molecule has 0 fully saturated rings. The Balaban J connectivity index is 2.15. The molecule has 1 aromatic carbocycles. The number of carbonyl (C=O) groups is 1. The first-order valence-electron chi connectivity index (χ1n) is 8.29. The summed E-state index contributed by atoms with van der Waals surface area (Å²) in [7, 11) is 3.04. The van der Waals surface area contributed by atoms with Gasteiger partial charge in [-0.25, -0.2) is 0 Å². The highest BCUT2D eigenvalue weighted by molar-refractivity contribution is 5.75. The highest BCUT2D eigenvalue weighted by atomic mass is 16.5. The second-order valence-corrected chi connectivity index (χ2v) is 6.15. The number of amides is 1. The summed E-state index contributed by atoms with van der Waals surface area (Å²) >= 11 is 0. The highest BCUT2D eigenvalue weighted by Crippen LogP contribution is 2.43. The summed E-state index contributed by atoms with van der Waals surface area (Å²) in [4.78, 5) is 11.7. The van der Waals surface area contributed by atoms with E-state index in [1.165, 1.54) is 18.8 Å². The number of hydrogen-bond donors (Lipinski definition) is 3. The van der Waals surface area contributed by atoms with Crippen LogP contribution in [0.2, 0.25) is 0 Å². The third-order valence-corrected chi connectivity index (χ3v) is 4.64. The lowest BCUT2D eigenvalue weighted by atomic mass is 10.0. The number of ether oxygens (including phenoxy) is 2. The summed E-state index contributed by atoms with van der Waals surface area (Å²) in [5, 5.41) is 21.4. The molecule has 0 saturated carbocycles. The quantitative estimate of drug-likeness (QED) is 0.735. The van der Waals surface area contributed by atoms with Crippen LogP contribution in [-0.4, -0.2) is 34.9 Å². The van der Waals surface area contributed by atoms with E-state index >= 15 is 0 Å². The summed E-state index contributed by atoms with van der Waals surface area (Å²) in [5.41, 5.74) is 7.33. The molecule has 0 radical (unpaired) electrons. The van der Waals surface area contributed by atoms with Crippen molar-refractivity contribution in [1.29, 1.82) is 0 Å². The van der Waals surface area contributed by atoms with Gasteiger partial charge in [-0.1, -0.05) is 18.2 Å². The first-order valence-corrected chi connectivity index (χ1v) is 8.29. The Hall–Kier alpha value is -3.09. The van der Waals surface area contributed by atoms with Crippen LogP contribution in [0.5, 0.6) is 23.3 Å². The first-order chi connectivity index (χ1) is 12.5. The summed E-state index contributed by atoms with van der Waals surface area (Å²) in [6.07, 6.45) is 5.02. The van der Waals surface area contributed by atoms with E-state index in [0.29, 0.717) is 34.6 Å². The predicted octanol–water partition coefficient (Wildman–Crippen LogP) is 2.34. The molecule has 1 aliphatic rings. The fraction of sp³-hybridized carbons (Fsp3) is 0.316. The highest BCUT2D eigenvalue weighted by Gasteiger charge is 2.29. The van der Waals surface area contributed by atoms with Crippen LogP contribution in [0.4, 0.5) is 0 Å². The van der Waals surface area contributed by atoms with Crippen molar-refractivity contribution in [2.24, 2.45) is 5.73 Å². The molecule has 1 aliphatic carbocycles. The summed E-state index contributed by atoms with van der Waals surface area (Å²) in [6, 6.07) is 4.49. The standard InChI is InChI=1S/C19H22N2O5/c1-25-15-8-7-11(9-16(15)26-2)14(10-17(20)22)21-18(23)12-5-3-4-6-13(12)19(21)24/h3,5,7-9,14,23-24H,4,6,10H2,1-2H3,(H2,20,22). The van der Waals surface area contributed by atoms with E-state index in [0.717, 1.165) is 6.42 Å². The number of carbonyl (C=O) groups excluding carboxylic acids is 1. The second kappa shape index (κ2) is 7.03. The van der Waals surface area contributed by atoms with Crippen molar-refractivity contribution in [3.63, 3.8) is 0 Å². The number of allylic oxidation sites excluding steroid dienone is 1. The molecule has 0 saturated heterocycles. The molecule has 4 N–H and O–H groups in total. The van der Waals surface area contributed by atoms with Gasteiger partial charge in [0, 0.05) is 11.1 Å². The molecule has 26 heavy (non-hydrogen) atoms. The Morgan fingerprint density at radius 2 is 1.96 bits per heavy atom. The largest absolute Gasteiger partial charge is 0.494 e.